The van der Waals surface area contributed by atoms with Crippen LogP contribution in [0, 0.1) is 0 Å². The molecule has 3 heteroatoms. The Hall–Kier alpha value is -1.51. The molecule has 0 saturated heterocycles. The summed E-state index contributed by atoms with van der Waals surface area (Å²) in [6.07, 6.45) is 0. The first-order chi connectivity index (χ1) is 6.15. The van der Waals surface area contributed by atoms with Gasteiger partial charge >= 0.3 is 5.97 Å². The van der Waals surface area contributed by atoms with Gasteiger partial charge in [0.2, 0.25) is 0 Å². The van der Waals surface area contributed by atoms with Crippen LogP contribution in [-0.4, -0.2) is 13.1 Å². The molecule has 1 atom stereocenters. The fourth-order valence-corrected chi connectivity index (χ4v) is 1.10. The van der Waals surface area contributed by atoms with Crippen LogP contribution < -0.4 is 5.73 Å². The van der Waals surface area contributed by atoms with Gasteiger partial charge in [0, 0.05) is 5.69 Å². The molecule has 0 unspecified atom stereocenters. The molecular weight excluding hydrogens is 166 g/mol. The zero-order valence-electron chi connectivity index (χ0n) is 7.78. The lowest BCUT2D eigenvalue weighted by molar-refractivity contribution is -0.141. The summed E-state index contributed by atoms with van der Waals surface area (Å²) in [5.74, 6) is -0.463. The number of esters is 1. The molecule has 0 heterocycles. The van der Waals surface area contributed by atoms with E-state index < -0.39 is 0 Å². The summed E-state index contributed by atoms with van der Waals surface area (Å²) < 4.78 is 4.63. The number of carbonyl (C=O) groups is 1. The standard InChI is InChI=1S/C10H13NO2/c1-7(10(12)13-2)8-3-5-9(11)6-4-8/h3-7H,11H2,1-2H3/t7-/m0/s1. The van der Waals surface area contributed by atoms with Crippen LogP contribution in [0.25, 0.3) is 0 Å². The lowest BCUT2D eigenvalue weighted by atomic mass is 10.0. The number of ether oxygens (including phenoxy) is 1. The molecule has 0 amide bonds. The van der Waals surface area contributed by atoms with Crippen LogP contribution in [0.3, 0.4) is 0 Å². The zero-order chi connectivity index (χ0) is 9.84. The quantitative estimate of drug-likeness (QED) is 0.553. The third-order valence-corrected chi connectivity index (χ3v) is 1.99. The van der Waals surface area contributed by atoms with Crippen molar-refractivity contribution in [2.75, 3.05) is 12.8 Å². The fraction of sp³-hybridized carbons (Fsp3) is 0.300. The van der Waals surface area contributed by atoms with Crippen LogP contribution >= 0.6 is 0 Å². The first kappa shape index (κ1) is 9.58. The molecule has 0 aliphatic carbocycles. The Balaban J connectivity index is 2.83. The Bertz CT molecular complexity index is 292. The van der Waals surface area contributed by atoms with E-state index in [4.69, 9.17) is 5.73 Å². The van der Waals surface area contributed by atoms with Crippen molar-refractivity contribution in [3.63, 3.8) is 0 Å². The molecule has 0 aliphatic heterocycles. The van der Waals surface area contributed by atoms with Crippen LogP contribution in [0.1, 0.15) is 18.4 Å². The molecule has 0 aliphatic rings. The van der Waals surface area contributed by atoms with Crippen molar-refractivity contribution in [3.8, 4) is 0 Å². The van der Waals surface area contributed by atoms with E-state index in [0.29, 0.717) is 5.69 Å². The predicted octanol–water partition coefficient (Wildman–Crippen LogP) is 1.55. The second kappa shape index (κ2) is 3.94. The molecule has 70 valence electrons. The summed E-state index contributed by atoms with van der Waals surface area (Å²) >= 11 is 0. The second-order valence-electron chi connectivity index (χ2n) is 2.91. The fourth-order valence-electron chi connectivity index (χ4n) is 1.10. The Morgan fingerprint density at radius 2 is 1.92 bits per heavy atom. The monoisotopic (exact) mass is 179 g/mol. The van der Waals surface area contributed by atoms with Gasteiger partial charge in [-0.3, -0.25) is 4.79 Å². The first-order valence-electron chi connectivity index (χ1n) is 4.08. The van der Waals surface area contributed by atoms with Gasteiger partial charge in [-0.1, -0.05) is 12.1 Å². The Labute approximate surface area is 77.5 Å². The molecule has 2 N–H and O–H groups in total. The lowest BCUT2D eigenvalue weighted by Gasteiger charge is -2.08. The van der Waals surface area contributed by atoms with Gasteiger partial charge in [0.15, 0.2) is 0 Å². The Kier molecular flexibility index (Phi) is 2.90. The third-order valence-electron chi connectivity index (χ3n) is 1.99. The molecule has 1 aromatic rings. The number of rotatable bonds is 2. The highest BCUT2D eigenvalue weighted by Crippen LogP contribution is 2.17. The van der Waals surface area contributed by atoms with E-state index in [1.807, 2.05) is 12.1 Å². The molecule has 0 saturated carbocycles. The van der Waals surface area contributed by atoms with Gasteiger partial charge < -0.3 is 10.5 Å². The highest BCUT2D eigenvalue weighted by molar-refractivity contribution is 5.77. The van der Waals surface area contributed by atoms with Crippen LogP contribution in [0.5, 0.6) is 0 Å². The van der Waals surface area contributed by atoms with Crippen molar-refractivity contribution < 1.29 is 9.53 Å². The van der Waals surface area contributed by atoms with Gasteiger partial charge in [-0.2, -0.15) is 0 Å². The Morgan fingerprint density at radius 1 is 1.38 bits per heavy atom. The van der Waals surface area contributed by atoms with Gasteiger partial charge in [-0.05, 0) is 24.6 Å². The normalized spacial score (nSPS) is 12.2. The van der Waals surface area contributed by atoms with Gasteiger partial charge in [0.05, 0.1) is 13.0 Å². The maximum absolute atomic E-state index is 11.1. The smallest absolute Gasteiger partial charge is 0.312 e. The number of hydrogen-bond acceptors (Lipinski definition) is 3. The number of methoxy groups -OCH3 is 1. The van der Waals surface area contributed by atoms with E-state index in [1.54, 1.807) is 19.1 Å². The molecular formula is C10H13NO2. The van der Waals surface area contributed by atoms with Gasteiger partial charge in [0.25, 0.3) is 0 Å². The summed E-state index contributed by atoms with van der Waals surface area (Å²) in [5, 5.41) is 0. The number of carbonyl (C=O) groups excluding carboxylic acids is 1. The number of benzene rings is 1. The summed E-state index contributed by atoms with van der Waals surface area (Å²) in [5.41, 5.74) is 7.13. The molecule has 0 radical (unpaired) electrons. The van der Waals surface area contributed by atoms with Crippen molar-refractivity contribution in [1.82, 2.24) is 0 Å². The minimum Gasteiger partial charge on any atom is -0.469 e. The van der Waals surface area contributed by atoms with Gasteiger partial charge in [-0.25, -0.2) is 0 Å². The van der Waals surface area contributed by atoms with E-state index >= 15 is 0 Å². The summed E-state index contributed by atoms with van der Waals surface area (Å²) in [7, 11) is 1.39. The molecule has 1 aromatic carbocycles. The van der Waals surface area contributed by atoms with E-state index in [2.05, 4.69) is 4.74 Å². The van der Waals surface area contributed by atoms with Crippen molar-refractivity contribution >= 4 is 11.7 Å². The van der Waals surface area contributed by atoms with E-state index in [9.17, 15) is 4.79 Å². The maximum atomic E-state index is 11.1. The highest BCUT2D eigenvalue weighted by Gasteiger charge is 2.14. The average Bonchev–Trinajstić information content (AvgIpc) is 2.17. The van der Waals surface area contributed by atoms with Crippen LogP contribution in [0.2, 0.25) is 0 Å². The minimum atomic E-state index is -0.232. The average molecular weight is 179 g/mol. The van der Waals surface area contributed by atoms with Crippen LogP contribution in [-0.2, 0) is 9.53 Å². The summed E-state index contributed by atoms with van der Waals surface area (Å²) in [6, 6.07) is 7.21. The number of nitrogens with two attached hydrogens (primary N) is 1. The zero-order valence-corrected chi connectivity index (χ0v) is 7.78. The summed E-state index contributed by atoms with van der Waals surface area (Å²) in [6.45, 7) is 1.80. The maximum Gasteiger partial charge on any atom is 0.312 e. The number of hydrogen-bond donors (Lipinski definition) is 1. The molecule has 0 fully saturated rings. The highest BCUT2D eigenvalue weighted by atomic mass is 16.5. The van der Waals surface area contributed by atoms with E-state index in [0.717, 1.165) is 5.56 Å². The first-order valence-corrected chi connectivity index (χ1v) is 4.08. The Morgan fingerprint density at radius 3 is 2.38 bits per heavy atom. The van der Waals surface area contributed by atoms with Crippen LogP contribution in [0.15, 0.2) is 24.3 Å². The van der Waals surface area contributed by atoms with Gasteiger partial charge in [0.1, 0.15) is 0 Å². The molecule has 3 nitrogen and oxygen atoms in total. The van der Waals surface area contributed by atoms with E-state index in [1.165, 1.54) is 7.11 Å². The molecule has 0 aromatic heterocycles. The van der Waals surface area contributed by atoms with Crippen molar-refractivity contribution in [1.29, 1.82) is 0 Å². The van der Waals surface area contributed by atoms with Gasteiger partial charge in [-0.15, -0.1) is 0 Å². The topological polar surface area (TPSA) is 52.3 Å². The number of anilines is 1. The second-order valence-corrected chi connectivity index (χ2v) is 2.91. The molecule has 1 rings (SSSR count). The largest absolute Gasteiger partial charge is 0.469 e. The third kappa shape index (κ3) is 2.21. The summed E-state index contributed by atoms with van der Waals surface area (Å²) in [4.78, 5) is 11.1. The van der Waals surface area contributed by atoms with Crippen molar-refractivity contribution in [2.45, 2.75) is 12.8 Å². The predicted molar refractivity (Wildman–Crippen MR) is 51.3 cm³/mol. The molecule has 0 bridgehead atoms. The molecule has 0 spiro atoms. The minimum absolute atomic E-state index is 0.231. The SMILES string of the molecule is COC(=O)[C@@H](C)c1ccc(N)cc1. The van der Waals surface area contributed by atoms with Crippen molar-refractivity contribution in [3.05, 3.63) is 29.8 Å². The van der Waals surface area contributed by atoms with Crippen molar-refractivity contribution in [2.24, 2.45) is 0 Å². The van der Waals surface area contributed by atoms with E-state index in [-0.39, 0.29) is 11.9 Å². The molecule has 13 heavy (non-hydrogen) atoms. The number of nitrogen functional groups attached to an aromatic ring is 1. The lowest BCUT2D eigenvalue weighted by Crippen LogP contribution is -2.10. The van der Waals surface area contributed by atoms with Crippen LogP contribution in [0.4, 0.5) is 5.69 Å².